The summed E-state index contributed by atoms with van der Waals surface area (Å²) in [6.45, 7) is 14.2. The Hall–Kier alpha value is -0.120. The Morgan fingerprint density at radius 1 is 1.19 bits per heavy atom. The van der Waals surface area contributed by atoms with Gasteiger partial charge in [0.1, 0.15) is 0 Å². The van der Waals surface area contributed by atoms with E-state index in [4.69, 9.17) is 4.74 Å². The van der Waals surface area contributed by atoms with Crippen LogP contribution in [0.1, 0.15) is 27.2 Å². The summed E-state index contributed by atoms with van der Waals surface area (Å²) >= 11 is 0. The zero-order valence-electron chi connectivity index (χ0n) is 11.2. The topological polar surface area (TPSA) is 24.5 Å². The molecule has 1 aliphatic heterocycles. The van der Waals surface area contributed by atoms with Crippen molar-refractivity contribution < 1.29 is 4.74 Å². The average molecular weight is 228 g/mol. The molecule has 2 atom stereocenters. The van der Waals surface area contributed by atoms with Crippen molar-refractivity contribution in [1.82, 2.24) is 10.2 Å². The second kappa shape index (κ2) is 8.04. The van der Waals surface area contributed by atoms with Gasteiger partial charge in [-0.25, -0.2) is 0 Å². The lowest BCUT2D eigenvalue weighted by Gasteiger charge is -2.34. The summed E-state index contributed by atoms with van der Waals surface area (Å²) in [5, 5.41) is 3.43. The molecule has 0 saturated carbocycles. The van der Waals surface area contributed by atoms with Gasteiger partial charge in [-0.1, -0.05) is 13.8 Å². The van der Waals surface area contributed by atoms with Crippen LogP contribution in [-0.2, 0) is 4.74 Å². The van der Waals surface area contributed by atoms with Gasteiger partial charge in [0.05, 0.1) is 6.61 Å². The van der Waals surface area contributed by atoms with Gasteiger partial charge in [-0.05, 0) is 25.2 Å². The number of rotatable bonds is 7. The predicted octanol–water partition coefficient (Wildman–Crippen LogP) is 1.59. The van der Waals surface area contributed by atoms with Crippen LogP contribution in [0.3, 0.4) is 0 Å². The molecular weight excluding hydrogens is 200 g/mol. The molecule has 0 aromatic heterocycles. The molecule has 0 radical (unpaired) electrons. The molecule has 0 aliphatic carbocycles. The average Bonchev–Trinajstić information content (AvgIpc) is 2.22. The molecule has 1 heterocycles. The van der Waals surface area contributed by atoms with Crippen LogP contribution in [0.15, 0.2) is 0 Å². The Labute approximate surface area is 101 Å². The second-order valence-corrected chi connectivity index (χ2v) is 5.15. The number of hydrogen-bond acceptors (Lipinski definition) is 3. The molecule has 1 fully saturated rings. The molecule has 96 valence electrons. The van der Waals surface area contributed by atoms with Crippen molar-refractivity contribution in [1.29, 1.82) is 0 Å². The van der Waals surface area contributed by atoms with Gasteiger partial charge >= 0.3 is 0 Å². The number of nitrogens with one attached hydrogen (secondary N) is 1. The van der Waals surface area contributed by atoms with Crippen molar-refractivity contribution in [2.45, 2.75) is 27.2 Å². The summed E-state index contributed by atoms with van der Waals surface area (Å²) < 4.78 is 5.28. The third kappa shape index (κ3) is 5.83. The van der Waals surface area contributed by atoms with E-state index in [1.165, 1.54) is 26.1 Å². The van der Waals surface area contributed by atoms with E-state index in [2.05, 4.69) is 24.1 Å². The smallest absolute Gasteiger partial charge is 0.0590 e. The highest BCUT2D eigenvalue weighted by molar-refractivity contribution is 4.74. The first-order valence-corrected chi connectivity index (χ1v) is 6.73. The van der Waals surface area contributed by atoms with E-state index >= 15 is 0 Å². The van der Waals surface area contributed by atoms with Crippen molar-refractivity contribution in [3.05, 3.63) is 0 Å². The van der Waals surface area contributed by atoms with Crippen LogP contribution in [0, 0.1) is 11.8 Å². The van der Waals surface area contributed by atoms with E-state index in [0.717, 1.165) is 38.1 Å². The van der Waals surface area contributed by atoms with E-state index in [0.29, 0.717) is 0 Å². The molecule has 1 aliphatic rings. The highest BCUT2D eigenvalue weighted by Crippen LogP contribution is 2.20. The molecule has 0 bridgehead atoms. The van der Waals surface area contributed by atoms with Crippen LogP contribution < -0.4 is 5.32 Å². The standard InChI is InChI=1S/C13H28N2O/c1-4-16-8-6-14-5-7-15-10-12(2)9-13(3)11-15/h12-14H,4-11H2,1-3H3. The summed E-state index contributed by atoms with van der Waals surface area (Å²) in [4.78, 5) is 2.59. The zero-order valence-corrected chi connectivity index (χ0v) is 11.2. The number of likely N-dealkylation sites (tertiary alicyclic amines) is 1. The van der Waals surface area contributed by atoms with Crippen LogP contribution in [-0.4, -0.2) is 50.8 Å². The van der Waals surface area contributed by atoms with Gasteiger partial charge in [-0.15, -0.1) is 0 Å². The molecular formula is C13H28N2O. The number of hydrogen-bond donors (Lipinski definition) is 1. The molecule has 3 nitrogen and oxygen atoms in total. The van der Waals surface area contributed by atoms with Crippen LogP contribution >= 0.6 is 0 Å². The Bertz CT molecular complexity index is 165. The van der Waals surface area contributed by atoms with Gasteiger partial charge in [0.25, 0.3) is 0 Å². The SMILES string of the molecule is CCOCCNCCN1CC(C)CC(C)C1. The minimum absolute atomic E-state index is 0.822. The number of nitrogens with zero attached hydrogens (tertiary/aromatic N) is 1. The fourth-order valence-corrected chi connectivity index (χ4v) is 2.63. The largest absolute Gasteiger partial charge is 0.380 e. The normalized spacial score (nSPS) is 27.2. The van der Waals surface area contributed by atoms with E-state index in [9.17, 15) is 0 Å². The monoisotopic (exact) mass is 228 g/mol. The van der Waals surface area contributed by atoms with Gasteiger partial charge in [-0.2, -0.15) is 0 Å². The Morgan fingerprint density at radius 2 is 1.88 bits per heavy atom. The lowest BCUT2D eigenvalue weighted by molar-refractivity contribution is 0.134. The van der Waals surface area contributed by atoms with Crippen molar-refractivity contribution >= 4 is 0 Å². The minimum atomic E-state index is 0.822. The summed E-state index contributed by atoms with van der Waals surface area (Å²) in [5.41, 5.74) is 0. The van der Waals surface area contributed by atoms with Gasteiger partial charge < -0.3 is 15.0 Å². The molecule has 0 aromatic carbocycles. The fraction of sp³-hybridized carbons (Fsp3) is 1.00. The van der Waals surface area contributed by atoms with Crippen molar-refractivity contribution in [2.24, 2.45) is 11.8 Å². The molecule has 1 rings (SSSR count). The van der Waals surface area contributed by atoms with Crippen molar-refractivity contribution in [2.75, 3.05) is 45.9 Å². The van der Waals surface area contributed by atoms with Crippen LogP contribution in [0.5, 0.6) is 0 Å². The molecule has 0 aromatic rings. The third-order valence-corrected chi connectivity index (χ3v) is 3.18. The summed E-state index contributed by atoms with van der Waals surface area (Å²) in [6.07, 6.45) is 1.40. The third-order valence-electron chi connectivity index (χ3n) is 3.18. The van der Waals surface area contributed by atoms with Crippen molar-refractivity contribution in [3.8, 4) is 0 Å². The molecule has 0 amide bonds. The number of ether oxygens (including phenoxy) is 1. The Morgan fingerprint density at radius 3 is 2.50 bits per heavy atom. The lowest BCUT2D eigenvalue weighted by atomic mass is 9.92. The summed E-state index contributed by atoms with van der Waals surface area (Å²) in [7, 11) is 0. The van der Waals surface area contributed by atoms with Crippen molar-refractivity contribution in [3.63, 3.8) is 0 Å². The van der Waals surface area contributed by atoms with Crippen LogP contribution in [0.25, 0.3) is 0 Å². The highest BCUT2D eigenvalue weighted by atomic mass is 16.5. The Balaban J connectivity index is 1.99. The quantitative estimate of drug-likeness (QED) is 0.670. The summed E-state index contributed by atoms with van der Waals surface area (Å²) in [5.74, 6) is 1.74. The van der Waals surface area contributed by atoms with E-state index in [1.807, 2.05) is 6.92 Å². The maximum atomic E-state index is 5.28. The summed E-state index contributed by atoms with van der Waals surface area (Å²) in [6, 6.07) is 0. The first-order chi connectivity index (χ1) is 7.72. The molecule has 16 heavy (non-hydrogen) atoms. The predicted molar refractivity (Wildman–Crippen MR) is 68.7 cm³/mol. The highest BCUT2D eigenvalue weighted by Gasteiger charge is 2.20. The van der Waals surface area contributed by atoms with Crippen LogP contribution in [0.2, 0.25) is 0 Å². The zero-order chi connectivity index (χ0) is 11.8. The van der Waals surface area contributed by atoms with E-state index < -0.39 is 0 Å². The van der Waals surface area contributed by atoms with Gasteiger partial charge in [0.15, 0.2) is 0 Å². The van der Waals surface area contributed by atoms with E-state index in [-0.39, 0.29) is 0 Å². The first kappa shape index (κ1) is 13.9. The molecule has 2 unspecified atom stereocenters. The second-order valence-electron chi connectivity index (χ2n) is 5.15. The molecule has 1 saturated heterocycles. The van der Waals surface area contributed by atoms with E-state index in [1.54, 1.807) is 0 Å². The molecule has 1 N–H and O–H groups in total. The first-order valence-electron chi connectivity index (χ1n) is 6.73. The fourth-order valence-electron chi connectivity index (χ4n) is 2.63. The minimum Gasteiger partial charge on any atom is -0.380 e. The number of piperidine rings is 1. The van der Waals surface area contributed by atoms with Gasteiger partial charge in [0, 0.05) is 39.3 Å². The lowest BCUT2D eigenvalue weighted by Crippen LogP contribution is -2.42. The van der Waals surface area contributed by atoms with Gasteiger partial charge in [-0.3, -0.25) is 0 Å². The van der Waals surface area contributed by atoms with Crippen LogP contribution in [0.4, 0.5) is 0 Å². The Kier molecular flexibility index (Phi) is 7.01. The van der Waals surface area contributed by atoms with Gasteiger partial charge in [0.2, 0.25) is 0 Å². The molecule has 0 spiro atoms. The molecule has 3 heteroatoms. The maximum absolute atomic E-state index is 5.28. The maximum Gasteiger partial charge on any atom is 0.0590 e.